The molecule has 1 aromatic heterocycles. The molecule has 1 aromatic carbocycles. The van der Waals surface area contributed by atoms with Crippen LogP contribution in [0.4, 0.5) is 5.95 Å². The molecule has 0 saturated heterocycles. The minimum atomic E-state index is -0.356. The molecule has 126 valence electrons. The van der Waals surface area contributed by atoms with E-state index in [1.165, 1.54) is 6.33 Å². The Morgan fingerprint density at radius 1 is 1.38 bits per heavy atom. The minimum Gasteiger partial charge on any atom is -0.493 e. The molecule has 1 N–H and O–H groups in total. The van der Waals surface area contributed by atoms with E-state index in [0.29, 0.717) is 29.6 Å². The number of methoxy groups -OCH3 is 1. The molecule has 0 radical (unpaired) electrons. The average molecular weight is 328 g/mol. The molecule has 0 amide bonds. The van der Waals surface area contributed by atoms with Crippen molar-refractivity contribution in [2.24, 2.45) is 0 Å². The Kier molecular flexibility index (Phi) is 4.24. The van der Waals surface area contributed by atoms with Crippen molar-refractivity contribution in [1.82, 2.24) is 14.8 Å². The quantitative estimate of drug-likeness (QED) is 0.909. The van der Waals surface area contributed by atoms with E-state index in [1.54, 1.807) is 18.7 Å². The number of nitrogens with zero attached hydrogens (tertiary/aromatic N) is 3. The standard InChI is InChI=1S/C17H20N4O3/c1-5-24-13-7-6-12(8-14(13)23-4)16-15(11(3)22)10(2)20-17-18-9-19-21(16)17/h6-9,16H,5H2,1-4H3,(H,18,19,20)/t16-/m1/s1. The zero-order valence-corrected chi connectivity index (χ0v) is 14.2. The summed E-state index contributed by atoms with van der Waals surface area (Å²) >= 11 is 0. The molecular weight excluding hydrogens is 308 g/mol. The predicted molar refractivity (Wildman–Crippen MR) is 89.3 cm³/mol. The number of allylic oxidation sites excluding steroid dienone is 2. The van der Waals surface area contributed by atoms with Crippen LogP contribution in [0.5, 0.6) is 11.5 Å². The third-order valence-electron chi connectivity index (χ3n) is 3.98. The van der Waals surface area contributed by atoms with E-state index < -0.39 is 0 Å². The number of ketones is 1. The lowest BCUT2D eigenvalue weighted by molar-refractivity contribution is -0.114. The molecular formula is C17H20N4O3. The van der Waals surface area contributed by atoms with Crippen molar-refractivity contribution in [3.8, 4) is 11.5 Å². The van der Waals surface area contributed by atoms with Gasteiger partial charge in [0.1, 0.15) is 12.4 Å². The van der Waals surface area contributed by atoms with Gasteiger partial charge in [-0.2, -0.15) is 10.1 Å². The van der Waals surface area contributed by atoms with Crippen molar-refractivity contribution in [2.75, 3.05) is 19.0 Å². The van der Waals surface area contributed by atoms with Gasteiger partial charge in [0.15, 0.2) is 17.3 Å². The molecule has 1 aliphatic rings. The second-order valence-corrected chi connectivity index (χ2v) is 5.49. The lowest BCUT2D eigenvalue weighted by Crippen LogP contribution is -2.27. The first-order valence-corrected chi connectivity index (χ1v) is 7.75. The lowest BCUT2D eigenvalue weighted by Gasteiger charge is -2.28. The molecule has 2 aromatic rings. The van der Waals surface area contributed by atoms with Crippen molar-refractivity contribution < 1.29 is 14.3 Å². The van der Waals surface area contributed by atoms with Crippen LogP contribution in [-0.4, -0.2) is 34.3 Å². The zero-order valence-electron chi connectivity index (χ0n) is 14.2. The van der Waals surface area contributed by atoms with Gasteiger partial charge < -0.3 is 14.8 Å². The molecule has 1 aliphatic heterocycles. The van der Waals surface area contributed by atoms with Crippen molar-refractivity contribution in [1.29, 1.82) is 0 Å². The number of carbonyl (C=O) groups is 1. The second-order valence-electron chi connectivity index (χ2n) is 5.49. The number of rotatable bonds is 5. The van der Waals surface area contributed by atoms with Gasteiger partial charge in [-0.05, 0) is 38.5 Å². The van der Waals surface area contributed by atoms with Crippen molar-refractivity contribution in [2.45, 2.75) is 26.8 Å². The van der Waals surface area contributed by atoms with Gasteiger partial charge in [-0.25, -0.2) is 4.68 Å². The number of Topliss-reactive ketones (excluding diaryl/α,β-unsaturated/α-hetero) is 1. The van der Waals surface area contributed by atoms with Gasteiger partial charge in [0.2, 0.25) is 5.95 Å². The monoisotopic (exact) mass is 328 g/mol. The maximum atomic E-state index is 12.2. The highest BCUT2D eigenvalue weighted by molar-refractivity contribution is 5.96. The highest BCUT2D eigenvalue weighted by Gasteiger charge is 2.32. The number of hydrogen-bond acceptors (Lipinski definition) is 6. The smallest absolute Gasteiger partial charge is 0.226 e. The average Bonchev–Trinajstić information content (AvgIpc) is 3.01. The molecule has 24 heavy (non-hydrogen) atoms. The van der Waals surface area contributed by atoms with Crippen LogP contribution in [0.2, 0.25) is 0 Å². The van der Waals surface area contributed by atoms with Crippen LogP contribution in [0.15, 0.2) is 35.8 Å². The third-order valence-corrected chi connectivity index (χ3v) is 3.98. The number of ether oxygens (including phenoxy) is 2. The number of benzene rings is 1. The van der Waals surface area contributed by atoms with Crippen LogP contribution >= 0.6 is 0 Å². The second kappa shape index (κ2) is 6.35. The highest BCUT2D eigenvalue weighted by atomic mass is 16.5. The van der Waals surface area contributed by atoms with Crippen molar-refractivity contribution in [3.63, 3.8) is 0 Å². The summed E-state index contributed by atoms with van der Waals surface area (Å²) in [6.45, 7) is 5.89. The van der Waals surface area contributed by atoms with Crippen LogP contribution in [0.1, 0.15) is 32.4 Å². The fraction of sp³-hybridized carbons (Fsp3) is 0.353. The number of carbonyl (C=O) groups excluding carboxylic acids is 1. The van der Waals surface area contributed by atoms with Crippen LogP contribution < -0.4 is 14.8 Å². The fourth-order valence-electron chi connectivity index (χ4n) is 2.98. The minimum absolute atomic E-state index is 0.0148. The molecule has 1 atom stereocenters. The zero-order chi connectivity index (χ0) is 17.3. The topological polar surface area (TPSA) is 78.3 Å². The highest BCUT2D eigenvalue weighted by Crippen LogP contribution is 2.38. The third kappa shape index (κ3) is 2.62. The molecule has 7 heteroatoms. The molecule has 7 nitrogen and oxygen atoms in total. The summed E-state index contributed by atoms with van der Waals surface area (Å²) in [5, 5.41) is 7.40. The summed E-state index contributed by atoms with van der Waals surface area (Å²) in [6, 6.07) is 5.29. The van der Waals surface area contributed by atoms with E-state index in [2.05, 4.69) is 15.4 Å². The molecule has 0 spiro atoms. The van der Waals surface area contributed by atoms with E-state index in [1.807, 2.05) is 32.0 Å². The van der Waals surface area contributed by atoms with Crippen LogP contribution in [0.25, 0.3) is 0 Å². The lowest BCUT2D eigenvalue weighted by atomic mass is 9.93. The normalized spacial score (nSPS) is 16.4. The summed E-state index contributed by atoms with van der Waals surface area (Å²) in [5.74, 6) is 1.88. The fourth-order valence-corrected chi connectivity index (χ4v) is 2.98. The Morgan fingerprint density at radius 3 is 2.83 bits per heavy atom. The Labute approximate surface area is 140 Å². The predicted octanol–water partition coefficient (Wildman–Crippen LogP) is 2.56. The van der Waals surface area contributed by atoms with Crippen molar-refractivity contribution >= 4 is 11.7 Å². The Morgan fingerprint density at radius 2 is 2.17 bits per heavy atom. The Bertz CT molecular complexity index is 810. The van der Waals surface area contributed by atoms with Gasteiger partial charge in [0.25, 0.3) is 0 Å². The molecule has 0 unspecified atom stereocenters. The van der Waals surface area contributed by atoms with Crippen LogP contribution in [0.3, 0.4) is 0 Å². The first-order valence-electron chi connectivity index (χ1n) is 7.75. The SMILES string of the molecule is CCOc1ccc([C@@H]2C(C(C)=O)=C(C)Nc3ncnn32)cc1OC. The van der Waals surface area contributed by atoms with Crippen LogP contribution in [0, 0.1) is 0 Å². The van der Waals surface area contributed by atoms with E-state index in [-0.39, 0.29) is 11.8 Å². The van der Waals surface area contributed by atoms with E-state index in [9.17, 15) is 4.79 Å². The Hall–Kier alpha value is -2.83. The number of fused-ring (bicyclic) bond motifs is 1. The summed E-state index contributed by atoms with van der Waals surface area (Å²) in [5.41, 5.74) is 2.31. The molecule has 0 bridgehead atoms. The first-order chi connectivity index (χ1) is 11.6. The number of nitrogens with one attached hydrogen (secondary N) is 1. The molecule has 0 aliphatic carbocycles. The van der Waals surface area contributed by atoms with Gasteiger partial charge in [-0.1, -0.05) is 6.07 Å². The maximum Gasteiger partial charge on any atom is 0.226 e. The summed E-state index contributed by atoms with van der Waals surface area (Å²) in [7, 11) is 1.60. The Balaban J connectivity index is 2.14. The van der Waals surface area contributed by atoms with Crippen LogP contribution in [-0.2, 0) is 4.79 Å². The van der Waals surface area contributed by atoms with Gasteiger partial charge in [-0.15, -0.1) is 0 Å². The molecule has 0 fully saturated rings. The molecule has 3 rings (SSSR count). The van der Waals surface area contributed by atoms with E-state index in [0.717, 1.165) is 11.3 Å². The summed E-state index contributed by atoms with van der Waals surface area (Å²) < 4.78 is 12.7. The molecule has 0 saturated carbocycles. The van der Waals surface area contributed by atoms with Gasteiger partial charge in [-0.3, -0.25) is 4.79 Å². The number of hydrogen-bond donors (Lipinski definition) is 1. The largest absolute Gasteiger partial charge is 0.493 e. The van der Waals surface area contributed by atoms with Crippen molar-refractivity contribution in [3.05, 3.63) is 41.4 Å². The summed E-state index contributed by atoms with van der Waals surface area (Å²) in [4.78, 5) is 16.4. The van der Waals surface area contributed by atoms with E-state index in [4.69, 9.17) is 9.47 Å². The number of anilines is 1. The van der Waals surface area contributed by atoms with Gasteiger partial charge in [0, 0.05) is 11.3 Å². The molecule has 2 heterocycles. The van der Waals surface area contributed by atoms with Gasteiger partial charge >= 0.3 is 0 Å². The van der Waals surface area contributed by atoms with Gasteiger partial charge in [0.05, 0.1) is 13.7 Å². The van der Waals surface area contributed by atoms with E-state index >= 15 is 0 Å². The first kappa shape index (κ1) is 16.0. The number of aromatic nitrogens is 3. The maximum absolute atomic E-state index is 12.2. The summed E-state index contributed by atoms with van der Waals surface area (Å²) in [6.07, 6.45) is 1.47.